The first-order chi connectivity index (χ1) is 10.6. The molecule has 2 rings (SSSR count). The van der Waals surface area contributed by atoms with Crippen molar-refractivity contribution in [2.24, 2.45) is 0 Å². The molecule has 0 unspecified atom stereocenters. The Morgan fingerprint density at radius 1 is 0.304 bits per heavy atom. The number of halogens is 10. The molecule has 2 aromatic rings. The summed E-state index contributed by atoms with van der Waals surface area (Å²) in [6, 6.07) is 0. The minimum absolute atomic E-state index is 1.60. The van der Waals surface area contributed by atoms with Gasteiger partial charge in [-0.05, 0) is 0 Å². The van der Waals surface area contributed by atoms with Crippen molar-refractivity contribution >= 4 is 28.1 Å². The quantitative estimate of drug-likeness (QED) is 0.279. The fourth-order valence-corrected chi connectivity index (χ4v) is 4.08. The van der Waals surface area contributed by atoms with Gasteiger partial charge in [-0.25, -0.2) is 0 Å². The zero-order valence-corrected chi connectivity index (χ0v) is 12.5. The molecule has 23 heavy (non-hydrogen) atoms. The second-order valence-electron chi connectivity index (χ2n) is 3.90. The molecule has 0 aliphatic carbocycles. The number of rotatable bonds is 2. The fraction of sp³-hybridized carbons (Fsp3) is 0. The molecular formula is C12F10Te. The van der Waals surface area contributed by atoms with Crippen molar-refractivity contribution in [1.29, 1.82) is 0 Å². The van der Waals surface area contributed by atoms with E-state index in [2.05, 4.69) is 0 Å². The molecule has 0 nitrogen and oxygen atoms in total. The molecule has 0 N–H and O–H groups in total. The van der Waals surface area contributed by atoms with Crippen LogP contribution in [0.25, 0.3) is 0 Å². The van der Waals surface area contributed by atoms with Crippen LogP contribution in [0, 0.1) is 58.2 Å². The van der Waals surface area contributed by atoms with E-state index in [1.54, 1.807) is 0 Å². The van der Waals surface area contributed by atoms with Crippen LogP contribution < -0.4 is 7.22 Å². The molecule has 0 saturated heterocycles. The molecule has 124 valence electrons. The molecule has 0 radical (unpaired) electrons. The maximum atomic E-state index is 13.4. The van der Waals surface area contributed by atoms with E-state index < -0.39 is 86.3 Å². The van der Waals surface area contributed by atoms with Crippen molar-refractivity contribution in [3.05, 3.63) is 58.2 Å². The summed E-state index contributed by atoms with van der Waals surface area (Å²) in [6.07, 6.45) is 0. The van der Waals surface area contributed by atoms with Gasteiger partial charge in [0.15, 0.2) is 0 Å². The zero-order chi connectivity index (χ0) is 17.6. The standard InChI is InChI=1S/C12F10Te/c13-1-3(15)7(19)11(8(20)4(1)16)23-12-9(21)5(17)2(14)6(18)10(12)22. The SMILES string of the molecule is Fc1c(F)c(F)c([Te]c2c(F)c(F)c(F)c(F)c2F)c(F)c1F. The van der Waals surface area contributed by atoms with Gasteiger partial charge >= 0.3 is 130 Å². The second-order valence-corrected chi connectivity index (χ2v) is 6.81. The Bertz CT molecular complexity index is 691. The first kappa shape index (κ1) is 17.9. The Morgan fingerprint density at radius 2 is 0.478 bits per heavy atom. The second kappa shape index (κ2) is 6.20. The molecular weight excluding hydrogens is 462 g/mol. The van der Waals surface area contributed by atoms with Crippen LogP contribution in [0.15, 0.2) is 0 Å². The number of hydrogen-bond donors (Lipinski definition) is 0. The number of hydrogen-bond acceptors (Lipinski definition) is 0. The Morgan fingerprint density at radius 3 is 0.696 bits per heavy atom. The Hall–Kier alpha value is -1.47. The summed E-state index contributed by atoms with van der Waals surface area (Å²) in [6.45, 7) is 0. The van der Waals surface area contributed by atoms with Gasteiger partial charge in [-0.1, -0.05) is 0 Å². The Labute approximate surface area is 130 Å². The van der Waals surface area contributed by atoms with Crippen LogP contribution in [-0.2, 0) is 0 Å². The van der Waals surface area contributed by atoms with Crippen LogP contribution in [0.1, 0.15) is 0 Å². The molecule has 0 heterocycles. The van der Waals surface area contributed by atoms with Crippen molar-refractivity contribution in [2.75, 3.05) is 0 Å². The van der Waals surface area contributed by atoms with E-state index in [-0.39, 0.29) is 0 Å². The monoisotopic (exact) mass is 464 g/mol. The summed E-state index contributed by atoms with van der Waals surface area (Å²) in [5, 5.41) is 0. The van der Waals surface area contributed by atoms with E-state index in [1.165, 1.54) is 0 Å². The third-order valence-corrected chi connectivity index (χ3v) is 5.75. The van der Waals surface area contributed by atoms with Gasteiger partial charge in [0.1, 0.15) is 0 Å². The summed E-state index contributed by atoms with van der Waals surface area (Å²) in [5.41, 5.74) is 0. The summed E-state index contributed by atoms with van der Waals surface area (Å²) in [7, 11) is 0. The van der Waals surface area contributed by atoms with E-state index in [4.69, 9.17) is 0 Å². The van der Waals surface area contributed by atoms with Gasteiger partial charge in [0, 0.05) is 0 Å². The molecule has 0 fully saturated rings. The first-order valence-corrected chi connectivity index (χ1v) is 7.63. The van der Waals surface area contributed by atoms with Gasteiger partial charge < -0.3 is 0 Å². The van der Waals surface area contributed by atoms with Gasteiger partial charge in [-0.2, -0.15) is 0 Å². The molecule has 0 aromatic heterocycles. The van der Waals surface area contributed by atoms with Gasteiger partial charge in [-0.3, -0.25) is 0 Å². The molecule has 0 atom stereocenters. The van der Waals surface area contributed by atoms with E-state index >= 15 is 0 Å². The van der Waals surface area contributed by atoms with Gasteiger partial charge in [-0.15, -0.1) is 0 Å². The molecule has 0 aliphatic rings. The Balaban J connectivity index is 2.71. The van der Waals surface area contributed by atoms with Crippen LogP contribution in [0.3, 0.4) is 0 Å². The normalized spacial score (nSPS) is 11.2. The van der Waals surface area contributed by atoms with Crippen LogP contribution in [0.2, 0.25) is 0 Å². The third-order valence-electron chi connectivity index (χ3n) is 2.54. The predicted octanol–water partition coefficient (Wildman–Crippen LogP) is 2.73. The van der Waals surface area contributed by atoms with Crippen molar-refractivity contribution in [1.82, 2.24) is 0 Å². The van der Waals surface area contributed by atoms with Crippen LogP contribution in [-0.4, -0.2) is 20.9 Å². The molecule has 11 heteroatoms. The summed E-state index contributed by atoms with van der Waals surface area (Å²) in [5.74, 6) is -24.1. The Kier molecular flexibility index (Phi) is 4.82. The van der Waals surface area contributed by atoms with Gasteiger partial charge in [0.25, 0.3) is 0 Å². The van der Waals surface area contributed by atoms with Crippen molar-refractivity contribution in [3.63, 3.8) is 0 Å². The molecule has 0 amide bonds. The first-order valence-electron chi connectivity index (χ1n) is 5.30. The van der Waals surface area contributed by atoms with Crippen LogP contribution in [0.4, 0.5) is 43.9 Å². The van der Waals surface area contributed by atoms with E-state index in [0.29, 0.717) is 0 Å². The maximum absolute atomic E-state index is 13.4. The summed E-state index contributed by atoms with van der Waals surface area (Å²) >= 11 is -3.16. The molecule has 0 spiro atoms. The predicted molar refractivity (Wildman–Crippen MR) is 57.5 cm³/mol. The molecule has 0 saturated carbocycles. The van der Waals surface area contributed by atoms with Crippen molar-refractivity contribution in [2.45, 2.75) is 0 Å². The molecule has 0 bridgehead atoms. The van der Waals surface area contributed by atoms with E-state index in [9.17, 15) is 43.9 Å². The topological polar surface area (TPSA) is 0 Å². The van der Waals surface area contributed by atoms with Crippen LogP contribution in [0.5, 0.6) is 0 Å². The minimum atomic E-state index is -3.16. The zero-order valence-electron chi connectivity index (χ0n) is 10.2. The third kappa shape index (κ3) is 2.76. The van der Waals surface area contributed by atoms with Crippen molar-refractivity contribution in [3.8, 4) is 0 Å². The van der Waals surface area contributed by atoms with Crippen molar-refractivity contribution < 1.29 is 43.9 Å². The molecule has 0 aliphatic heterocycles. The average Bonchev–Trinajstić information content (AvgIpc) is 2.54. The van der Waals surface area contributed by atoms with Crippen LogP contribution >= 0.6 is 0 Å². The van der Waals surface area contributed by atoms with E-state index in [1.807, 2.05) is 0 Å². The molecule has 2 aromatic carbocycles. The average molecular weight is 462 g/mol. The number of benzene rings is 2. The van der Waals surface area contributed by atoms with Gasteiger partial charge in [0.2, 0.25) is 0 Å². The fourth-order valence-electron chi connectivity index (χ4n) is 1.45. The summed E-state index contributed by atoms with van der Waals surface area (Å²) < 4.78 is 128. The summed E-state index contributed by atoms with van der Waals surface area (Å²) in [4.78, 5) is 0. The van der Waals surface area contributed by atoms with Gasteiger partial charge in [0.05, 0.1) is 0 Å². The van der Waals surface area contributed by atoms with E-state index in [0.717, 1.165) is 0 Å².